The van der Waals surface area contributed by atoms with Gasteiger partial charge in [-0.1, -0.05) is 37.3 Å². The number of nitrogens with one attached hydrogen (secondary N) is 1. The molecule has 1 unspecified atom stereocenters. The maximum Gasteiger partial charge on any atom is 0.237 e. The molecule has 1 aliphatic rings. The summed E-state index contributed by atoms with van der Waals surface area (Å²) >= 11 is 0. The summed E-state index contributed by atoms with van der Waals surface area (Å²) in [5, 5.41) is 2.98. The number of hydrogen-bond donors (Lipinski definition) is 1. The first-order chi connectivity index (χ1) is 10.8. The second kappa shape index (κ2) is 7.16. The van der Waals surface area contributed by atoms with E-state index in [2.05, 4.69) is 12.2 Å². The summed E-state index contributed by atoms with van der Waals surface area (Å²) in [6, 6.07) is 9.68. The van der Waals surface area contributed by atoms with E-state index in [1.807, 2.05) is 42.2 Å². The Bertz CT molecular complexity index is 546. The van der Waals surface area contributed by atoms with Crippen LogP contribution in [-0.4, -0.2) is 29.8 Å². The second-order valence-corrected chi connectivity index (χ2v) is 7.21. The van der Waals surface area contributed by atoms with Gasteiger partial charge in [-0.2, -0.15) is 0 Å². The smallest absolute Gasteiger partial charge is 0.237 e. The fraction of sp³-hybridized carbons (Fsp3) is 0.579. The molecule has 1 aliphatic heterocycles. The van der Waals surface area contributed by atoms with Gasteiger partial charge in [-0.25, -0.2) is 0 Å². The van der Waals surface area contributed by atoms with Crippen molar-refractivity contribution in [1.82, 2.24) is 10.2 Å². The predicted octanol–water partition coefficient (Wildman–Crippen LogP) is 3.15. The van der Waals surface area contributed by atoms with Crippen molar-refractivity contribution in [3.05, 3.63) is 35.9 Å². The number of rotatable bonds is 4. The molecule has 0 aliphatic carbocycles. The van der Waals surface area contributed by atoms with E-state index >= 15 is 0 Å². The molecule has 0 aromatic heterocycles. The van der Waals surface area contributed by atoms with Gasteiger partial charge in [0.1, 0.15) is 5.41 Å². The average Bonchev–Trinajstić information content (AvgIpc) is 2.55. The van der Waals surface area contributed by atoms with Gasteiger partial charge >= 0.3 is 0 Å². The van der Waals surface area contributed by atoms with Crippen molar-refractivity contribution in [2.75, 3.05) is 13.1 Å². The lowest BCUT2D eigenvalue weighted by Gasteiger charge is -2.36. The first-order valence-corrected chi connectivity index (χ1v) is 8.47. The highest BCUT2D eigenvalue weighted by atomic mass is 16.2. The van der Waals surface area contributed by atoms with Crippen LogP contribution < -0.4 is 5.32 Å². The zero-order valence-electron chi connectivity index (χ0n) is 14.6. The van der Waals surface area contributed by atoms with Crippen LogP contribution in [0.3, 0.4) is 0 Å². The monoisotopic (exact) mass is 316 g/mol. The Morgan fingerprint density at radius 3 is 2.30 bits per heavy atom. The predicted molar refractivity (Wildman–Crippen MR) is 91.8 cm³/mol. The van der Waals surface area contributed by atoms with Crippen LogP contribution in [-0.2, 0) is 9.59 Å². The minimum Gasteiger partial charge on any atom is -0.349 e. The Kier molecular flexibility index (Phi) is 5.45. The molecule has 0 saturated carbocycles. The molecule has 1 saturated heterocycles. The van der Waals surface area contributed by atoms with E-state index < -0.39 is 5.41 Å². The average molecular weight is 316 g/mol. The third kappa shape index (κ3) is 4.12. The lowest BCUT2D eigenvalue weighted by atomic mass is 9.88. The van der Waals surface area contributed by atoms with Crippen molar-refractivity contribution >= 4 is 11.8 Å². The molecule has 0 bridgehead atoms. The Morgan fingerprint density at radius 1 is 1.17 bits per heavy atom. The number of nitrogens with zero attached hydrogens (tertiary/aromatic N) is 1. The van der Waals surface area contributed by atoms with E-state index in [1.165, 1.54) is 0 Å². The fourth-order valence-electron chi connectivity index (χ4n) is 2.91. The van der Waals surface area contributed by atoms with Crippen LogP contribution in [0.1, 0.15) is 52.1 Å². The first kappa shape index (κ1) is 17.5. The number of carbonyl (C=O) groups excluding carboxylic acids is 2. The number of piperidine rings is 1. The number of amides is 2. The molecule has 23 heavy (non-hydrogen) atoms. The van der Waals surface area contributed by atoms with Gasteiger partial charge in [0.2, 0.25) is 11.8 Å². The van der Waals surface area contributed by atoms with E-state index in [1.54, 1.807) is 13.8 Å². The molecular weight excluding hydrogens is 288 g/mol. The second-order valence-electron chi connectivity index (χ2n) is 7.21. The summed E-state index contributed by atoms with van der Waals surface area (Å²) in [5.41, 5.74) is -0.000210. The molecule has 1 atom stereocenters. The van der Waals surface area contributed by atoms with E-state index in [0.29, 0.717) is 5.92 Å². The third-order valence-electron chi connectivity index (χ3n) is 4.82. The summed E-state index contributed by atoms with van der Waals surface area (Å²) in [4.78, 5) is 27.2. The lowest BCUT2D eigenvalue weighted by molar-refractivity contribution is -0.149. The van der Waals surface area contributed by atoms with Gasteiger partial charge in [0.15, 0.2) is 0 Å². The highest BCUT2D eigenvalue weighted by molar-refractivity contribution is 6.04. The number of likely N-dealkylation sites (tertiary alicyclic amines) is 1. The van der Waals surface area contributed by atoms with Gasteiger partial charge in [0, 0.05) is 13.1 Å². The van der Waals surface area contributed by atoms with Crippen molar-refractivity contribution < 1.29 is 9.59 Å². The largest absolute Gasteiger partial charge is 0.349 e. The van der Waals surface area contributed by atoms with Crippen LogP contribution >= 0.6 is 0 Å². The Labute approximate surface area is 139 Å². The minimum absolute atomic E-state index is 0.0674. The molecular formula is C19H28N2O2. The van der Waals surface area contributed by atoms with Gasteiger partial charge < -0.3 is 10.2 Å². The molecule has 0 radical (unpaired) electrons. The highest BCUT2D eigenvalue weighted by Crippen LogP contribution is 2.25. The van der Waals surface area contributed by atoms with Crippen LogP contribution in [0.25, 0.3) is 0 Å². The number of carbonyl (C=O) groups is 2. The molecule has 1 N–H and O–H groups in total. The molecule has 126 valence electrons. The first-order valence-electron chi connectivity index (χ1n) is 8.47. The third-order valence-corrected chi connectivity index (χ3v) is 4.82. The van der Waals surface area contributed by atoms with Crippen LogP contribution in [0.4, 0.5) is 0 Å². The van der Waals surface area contributed by atoms with Crippen molar-refractivity contribution in [2.45, 2.75) is 46.6 Å². The summed E-state index contributed by atoms with van der Waals surface area (Å²) in [6.45, 7) is 9.11. The minimum atomic E-state index is -1.04. The molecule has 1 fully saturated rings. The molecule has 1 aromatic rings. The maximum atomic E-state index is 12.8. The van der Waals surface area contributed by atoms with Crippen molar-refractivity contribution in [3.63, 3.8) is 0 Å². The summed E-state index contributed by atoms with van der Waals surface area (Å²) in [6.07, 6.45) is 2.04. The quantitative estimate of drug-likeness (QED) is 0.868. The molecule has 0 spiro atoms. The van der Waals surface area contributed by atoms with Crippen LogP contribution in [0.2, 0.25) is 0 Å². The van der Waals surface area contributed by atoms with Crippen LogP contribution in [0, 0.1) is 11.3 Å². The van der Waals surface area contributed by atoms with E-state index in [9.17, 15) is 9.59 Å². The topological polar surface area (TPSA) is 49.4 Å². The van der Waals surface area contributed by atoms with Crippen molar-refractivity contribution in [3.8, 4) is 0 Å². The van der Waals surface area contributed by atoms with Gasteiger partial charge in [-0.05, 0) is 45.1 Å². The SMILES string of the molecule is CC1CCN(C(=O)C(C)(C)C(=O)NC(C)c2ccccc2)CC1. The molecule has 1 aromatic carbocycles. The fourth-order valence-corrected chi connectivity index (χ4v) is 2.91. The molecule has 2 amide bonds. The standard InChI is InChI=1S/C19H28N2O2/c1-14-10-12-21(13-11-14)18(23)19(3,4)17(22)20-15(2)16-8-6-5-7-9-16/h5-9,14-15H,10-13H2,1-4H3,(H,20,22). The van der Waals surface area contributed by atoms with E-state index in [4.69, 9.17) is 0 Å². The normalized spacial score (nSPS) is 17.7. The molecule has 2 rings (SSSR count). The van der Waals surface area contributed by atoms with Gasteiger partial charge in [0.05, 0.1) is 6.04 Å². The summed E-state index contributed by atoms with van der Waals surface area (Å²) in [7, 11) is 0. The number of hydrogen-bond acceptors (Lipinski definition) is 2. The molecule has 4 nitrogen and oxygen atoms in total. The van der Waals surface area contributed by atoms with Gasteiger partial charge in [-0.3, -0.25) is 9.59 Å². The molecule has 1 heterocycles. The van der Waals surface area contributed by atoms with Crippen molar-refractivity contribution in [2.24, 2.45) is 11.3 Å². The Morgan fingerprint density at radius 2 is 1.74 bits per heavy atom. The van der Waals surface area contributed by atoms with E-state index in [-0.39, 0.29) is 17.9 Å². The van der Waals surface area contributed by atoms with Gasteiger partial charge in [0.25, 0.3) is 0 Å². The van der Waals surface area contributed by atoms with Crippen LogP contribution in [0.5, 0.6) is 0 Å². The zero-order chi connectivity index (χ0) is 17.0. The summed E-state index contributed by atoms with van der Waals surface area (Å²) in [5.74, 6) is 0.383. The van der Waals surface area contributed by atoms with Crippen molar-refractivity contribution in [1.29, 1.82) is 0 Å². The van der Waals surface area contributed by atoms with Crippen LogP contribution in [0.15, 0.2) is 30.3 Å². The Balaban J connectivity index is 2.00. The van der Waals surface area contributed by atoms with Gasteiger partial charge in [-0.15, -0.1) is 0 Å². The zero-order valence-corrected chi connectivity index (χ0v) is 14.6. The highest BCUT2D eigenvalue weighted by Gasteiger charge is 2.40. The Hall–Kier alpha value is -1.84. The summed E-state index contributed by atoms with van der Waals surface area (Å²) < 4.78 is 0. The number of benzene rings is 1. The molecule has 4 heteroatoms. The lowest BCUT2D eigenvalue weighted by Crippen LogP contribution is -2.51. The van der Waals surface area contributed by atoms with E-state index in [0.717, 1.165) is 31.5 Å². The maximum absolute atomic E-state index is 12.8.